The summed E-state index contributed by atoms with van der Waals surface area (Å²) in [6.45, 7) is 6.08. The molecule has 2 atom stereocenters. The van der Waals surface area contributed by atoms with Crippen LogP contribution in [0.2, 0.25) is 0 Å². The molecule has 0 aliphatic carbocycles. The second-order valence-electron chi connectivity index (χ2n) is 8.73. The molecule has 176 valence electrons. The van der Waals surface area contributed by atoms with Crippen LogP contribution in [0.4, 0.5) is 0 Å². The third-order valence-corrected chi connectivity index (χ3v) is 6.38. The first-order valence-electron chi connectivity index (χ1n) is 11.8. The molecule has 3 aromatic carbocycles. The maximum Gasteiger partial charge on any atom is 0.358 e. The number of carbonyl (C=O) groups is 2. The first-order valence-corrected chi connectivity index (χ1v) is 11.8. The summed E-state index contributed by atoms with van der Waals surface area (Å²) in [5.74, 6) is -0.478. The smallest absolute Gasteiger partial charge is 0.358 e. The fourth-order valence-corrected chi connectivity index (χ4v) is 4.58. The lowest BCUT2D eigenvalue weighted by molar-refractivity contribution is 0.0518. The Balaban J connectivity index is 1.54. The van der Waals surface area contributed by atoms with Gasteiger partial charge in [0.2, 0.25) is 0 Å². The van der Waals surface area contributed by atoms with Crippen LogP contribution < -0.4 is 0 Å². The van der Waals surface area contributed by atoms with Gasteiger partial charge in [0.25, 0.3) is 5.91 Å². The van der Waals surface area contributed by atoms with E-state index >= 15 is 0 Å². The van der Waals surface area contributed by atoms with E-state index in [1.807, 2.05) is 73.4 Å². The van der Waals surface area contributed by atoms with Crippen LogP contribution in [-0.4, -0.2) is 45.2 Å². The standard InChI is InChI=1S/C29H27N3O3/c1-4-35-29(34)26-18-27(24-12-11-21-7-5-6-8-23(21)17-24)32(30-26)25-15-13-22(14-16-25)28(33)31-19(2)9-10-20(31)3/h5-20H,4H2,1-3H3/t19-,20+. The van der Waals surface area contributed by atoms with E-state index in [1.165, 1.54) is 0 Å². The number of esters is 1. The van der Waals surface area contributed by atoms with Gasteiger partial charge < -0.3 is 9.64 Å². The Kier molecular flexibility index (Phi) is 5.95. The number of carbonyl (C=O) groups excluding carboxylic acids is 2. The van der Waals surface area contributed by atoms with Gasteiger partial charge in [0.15, 0.2) is 5.69 Å². The Morgan fingerprint density at radius 3 is 2.26 bits per heavy atom. The molecule has 0 radical (unpaired) electrons. The predicted molar refractivity (Wildman–Crippen MR) is 137 cm³/mol. The first-order chi connectivity index (χ1) is 17.0. The molecule has 0 spiro atoms. The van der Waals surface area contributed by atoms with E-state index in [0.717, 1.165) is 27.7 Å². The van der Waals surface area contributed by atoms with Crippen LogP contribution in [0.5, 0.6) is 0 Å². The van der Waals surface area contributed by atoms with Crippen molar-refractivity contribution in [2.24, 2.45) is 0 Å². The molecular formula is C29H27N3O3. The highest BCUT2D eigenvalue weighted by atomic mass is 16.5. The van der Waals surface area contributed by atoms with E-state index in [1.54, 1.807) is 17.7 Å². The second kappa shape index (κ2) is 9.22. The van der Waals surface area contributed by atoms with Crippen molar-refractivity contribution in [2.45, 2.75) is 32.9 Å². The third-order valence-electron chi connectivity index (χ3n) is 6.38. The molecule has 6 heteroatoms. The zero-order valence-electron chi connectivity index (χ0n) is 20.0. The highest BCUT2D eigenvalue weighted by Gasteiger charge is 2.28. The van der Waals surface area contributed by atoms with Crippen LogP contribution in [0.3, 0.4) is 0 Å². The molecule has 1 aliphatic heterocycles. The summed E-state index contributed by atoms with van der Waals surface area (Å²) in [5, 5.41) is 6.80. The van der Waals surface area contributed by atoms with Crippen molar-refractivity contribution in [3.63, 3.8) is 0 Å². The van der Waals surface area contributed by atoms with Gasteiger partial charge >= 0.3 is 5.97 Å². The Morgan fingerprint density at radius 2 is 1.57 bits per heavy atom. The highest BCUT2D eigenvalue weighted by molar-refractivity contribution is 5.95. The van der Waals surface area contributed by atoms with Gasteiger partial charge in [-0.1, -0.05) is 48.6 Å². The molecule has 0 fully saturated rings. The van der Waals surface area contributed by atoms with Gasteiger partial charge in [0, 0.05) is 23.2 Å². The van der Waals surface area contributed by atoms with Crippen molar-refractivity contribution in [3.8, 4) is 16.9 Å². The fraction of sp³-hybridized carbons (Fsp3) is 0.207. The van der Waals surface area contributed by atoms with Crippen LogP contribution in [-0.2, 0) is 4.74 Å². The van der Waals surface area contributed by atoms with Gasteiger partial charge in [0.05, 0.1) is 18.0 Å². The third kappa shape index (κ3) is 4.23. The number of ether oxygens (including phenoxy) is 1. The van der Waals surface area contributed by atoms with Crippen molar-refractivity contribution < 1.29 is 14.3 Å². The molecule has 0 saturated heterocycles. The molecule has 0 unspecified atom stereocenters. The molecule has 0 saturated carbocycles. The maximum atomic E-state index is 13.1. The molecule has 4 aromatic rings. The van der Waals surface area contributed by atoms with Crippen LogP contribution in [0.15, 0.2) is 84.9 Å². The monoisotopic (exact) mass is 465 g/mol. The molecule has 0 bridgehead atoms. The lowest BCUT2D eigenvalue weighted by Gasteiger charge is -2.26. The molecule has 5 rings (SSSR count). The van der Waals surface area contributed by atoms with Gasteiger partial charge in [0.1, 0.15) is 0 Å². The van der Waals surface area contributed by atoms with E-state index in [0.29, 0.717) is 5.56 Å². The van der Waals surface area contributed by atoms with Crippen molar-refractivity contribution in [2.75, 3.05) is 6.61 Å². The van der Waals surface area contributed by atoms with Gasteiger partial charge in [-0.3, -0.25) is 4.79 Å². The lowest BCUT2D eigenvalue weighted by Crippen LogP contribution is -2.39. The molecule has 35 heavy (non-hydrogen) atoms. The number of fused-ring (bicyclic) bond motifs is 1. The van der Waals surface area contributed by atoms with E-state index in [9.17, 15) is 9.59 Å². The molecule has 0 N–H and O–H groups in total. The normalized spacial score (nSPS) is 17.2. The minimum absolute atomic E-state index is 0.0102. The number of amides is 1. The summed E-state index contributed by atoms with van der Waals surface area (Å²) in [6, 6.07) is 23.5. The SMILES string of the molecule is CCOC(=O)c1cc(-c2ccc3ccccc3c2)n(-c2ccc(C(=O)N3[C@H](C)C=C[C@@H]3C)cc2)n1. The Labute approximate surface area is 204 Å². The summed E-state index contributed by atoms with van der Waals surface area (Å²) in [4.78, 5) is 27.4. The van der Waals surface area contributed by atoms with Crippen LogP contribution in [0.1, 0.15) is 41.6 Å². The summed E-state index contributed by atoms with van der Waals surface area (Å²) in [5.41, 5.74) is 3.30. The average molecular weight is 466 g/mol. The topological polar surface area (TPSA) is 64.4 Å². The Bertz CT molecular complexity index is 1420. The average Bonchev–Trinajstić information content (AvgIpc) is 3.47. The maximum absolute atomic E-state index is 13.1. The van der Waals surface area contributed by atoms with Crippen molar-refractivity contribution in [1.29, 1.82) is 0 Å². The van der Waals surface area contributed by atoms with Crippen LogP contribution in [0, 0.1) is 0 Å². The largest absolute Gasteiger partial charge is 0.461 e. The first kappa shape index (κ1) is 22.6. The number of hydrogen-bond donors (Lipinski definition) is 0. The molecular weight excluding hydrogens is 438 g/mol. The van der Waals surface area contributed by atoms with Gasteiger partial charge in [-0.25, -0.2) is 9.48 Å². The molecule has 2 heterocycles. The van der Waals surface area contributed by atoms with Crippen molar-refractivity contribution in [3.05, 3.63) is 96.2 Å². The van der Waals surface area contributed by atoms with Gasteiger partial charge in [-0.2, -0.15) is 5.10 Å². The van der Waals surface area contributed by atoms with E-state index < -0.39 is 5.97 Å². The van der Waals surface area contributed by atoms with Gasteiger partial charge in [-0.15, -0.1) is 0 Å². The summed E-state index contributed by atoms with van der Waals surface area (Å²) >= 11 is 0. The summed E-state index contributed by atoms with van der Waals surface area (Å²) in [6.07, 6.45) is 4.10. The zero-order valence-corrected chi connectivity index (χ0v) is 20.0. The second-order valence-corrected chi connectivity index (χ2v) is 8.73. The number of hydrogen-bond acceptors (Lipinski definition) is 4. The van der Waals surface area contributed by atoms with E-state index in [4.69, 9.17) is 4.74 Å². The van der Waals surface area contributed by atoms with Crippen LogP contribution in [0.25, 0.3) is 27.7 Å². The molecule has 6 nitrogen and oxygen atoms in total. The lowest BCUT2D eigenvalue weighted by atomic mass is 10.0. The van der Waals surface area contributed by atoms with Crippen molar-refractivity contribution >= 4 is 22.6 Å². The summed E-state index contributed by atoms with van der Waals surface area (Å²) in [7, 11) is 0. The predicted octanol–water partition coefficient (Wildman–Crippen LogP) is 5.66. The number of benzene rings is 3. The van der Waals surface area contributed by atoms with E-state index in [-0.39, 0.29) is 30.3 Å². The highest BCUT2D eigenvalue weighted by Crippen LogP contribution is 2.28. The molecule has 1 aliphatic rings. The number of aromatic nitrogens is 2. The minimum atomic E-state index is -0.468. The molecule has 1 aromatic heterocycles. The number of rotatable bonds is 5. The molecule has 1 amide bonds. The Morgan fingerprint density at radius 1 is 0.886 bits per heavy atom. The summed E-state index contributed by atoms with van der Waals surface area (Å²) < 4.78 is 6.92. The fourth-order valence-electron chi connectivity index (χ4n) is 4.58. The van der Waals surface area contributed by atoms with Gasteiger partial charge in [-0.05, 0) is 67.9 Å². The van der Waals surface area contributed by atoms with E-state index in [2.05, 4.69) is 29.4 Å². The minimum Gasteiger partial charge on any atom is -0.461 e. The number of nitrogens with zero attached hydrogens (tertiary/aromatic N) is 3. The Hall–Kier alpha value is -4.19. The zero-order chi connectivity index (χ0) is 24.5. The quantitative estimate of drug-likeness (QED) is 0.282. The van der Waals surface area contributed by atoms with Crippen molar-refractivity contribution in [1.82, 2.24) is 14.7 Å². The van der Waals surface area contributed by atoms with Crippen LogP contribution >= 0.6 is 0 Å².